The lowest BCUT2D eigenvalue weighted by molar-refractivity contribution is 0.951. The van der Waals surface area contributed by atoms with E-state index in [-0.39, 0.29) is 0 Å². The number of nitrogens with zero attached hydrogens (tertiary/aromatic N) is 3. The zero-order valence-electron chi connectivity index (χ0n) is 8.80. The first-order valence-corrected chi connectivity index (χ1v) is 5.05. The van der Waals surface area contributed by atoms with Crippen LogP contribution in [-0.2, 0) is 6.42 Å². The average molecular weight is 215 g/mol. The van der Waals surface area contributed by atoms with Crippen molar-refractivity contribution in [3.8, 4) is 0 Å². The Morgan fingerprint density at radius 3 is 2.94 bits per heavy atom. The monoisotopic (exact) mass is 215 g/mol. The Balaban J connectivity index is 1.87. The fourth-order valence-corrected chi connectivity index (χ4v) is 1.34. The molecule has 82 valence electrons. The van der Waals surface area contributed by atoms with Gasteiger partial charge in [-0.1, -0.05) is 6.07 Å². The summed E-state index contributed by atoms with van der Waals surface area (Å²) >= 11 is 0. The summed E-state index contributed by atoms with van der Waals surface area (Å²) < 4.78 is 0. The van der Waals surface area contributed by atoms with Gasteiger partial charge < -0.3 is 11.1 Å². The van der Waals surface area contributed by atoms with Crippen molar-refractivity contribution in [3.63, 3.8) is 0 Å². The maximum atomic E-state index is 5.70. The number of nitrogen functional groups attached to an aromatic ring is 1. The normalized spacial score (nSPS) is 10.0. The number of rotatable bonds is 4. The Morgan fingerprint density at radius 1 is 1.25 bits per heavy atom. The van der Waals surface area contributed by atoms with E-state index in [1.54, 1.807) is 12.4 Å². The van der Waals surface area contributed by atoms with E-state index in [0.717, 1.165) is 18.7 Å². The molecule has 2 heterocycles. The highest BCUT2D eigenvalue weighted by molar-refractivity contribution is 5.58. The summed E-state index contributed by atoms with van der Waals surface area (Å²) in [6.45, 7) is 0.748. The lowest BCUT2D eigenvalue weighted by Gasteiger charge is -2.06. The van der Waals surface area contributed by atoms with Crippen molar-refractivity contribution in [1.82, 2.24) is 15.0 Å². The molecule has 0 amide bonds. The highest BCUT2D eigenvalue weighted by Crippen LogP contribution is 2.10. The highest BCUT2D eigenvalue weighted by Gasteiger charge is 1.99. The molecule has 0 aromatic carbocycles. The van der Waals surface area contributed by atoms with E-state index in [1.165, 1.54) is 6.33 Å². The van der Waals surface area contributed by atoms with Crippen molar-refractivity contribution in [2.45, 2.75) is 6.42 Å². The van der Waals surface area contributed by atoms with E-state index in [1.807, 2.05) is 18.2 Å². The van der Waals surface area contributed by atoms with E-state index in [2.05, 4.69) is 20.3 Å². The molecule has 0 saturated carbocycles. The van der Waals surface area contributed by atoms with Crippen LogP contribution in [-0.4, -0.2) is 21.5 Å². The third kappa shape index (κ3) is 2.66. The number of aromatic nitrogens is 3. The second-order valence-electron chi connectivity index (χ2n) is 3.32. The molecule has 0 saturated heterocycles. The Labute approximate surface area is 93.8 Å². The molecule has 16 heavy (non-hydrogen) atoms. The summed E-state index contributed by atoms with van der Waals surface area (Å²) in [4.78, 5) is 12.1. The van der Waals surface area contributed by atoms with Gasteiger partial charge >= 0.3 is 0 Å². The molecule has 2 aromatic rings. The molecule has 3 N–H and O–H groups in total. The number of anilines is 2. The first-order valence-electron chi connectivity index (χ1n) is 5.05. The molecule has 2 aromatic heterocycles. The molecule has 0 unspecified atom stereocenters. The van der Waals surface area contributed by atoms with Crippen LogP contribution in [0.4, 0.5) is 11.5 Å². The zero-order valence-corrected chi connectivity index (χ0v) is 8.80. The lowest BCUT2D eigenvalue weighted by Crippen LogP contribution is -2.09. The van der Waals surface area contributed by atoms with E-state index in [9.17, 15) is 0 Å². The third-order valence-electron chi connectivity index (χ3n) is 2.14. The van der Waals surface area contributed by atoms with Gasteiger partial charge in [0.05, 0.1) is 11.9 Å². The molecule has 5 heteroatoms. The van der Waals surface area contributed by atoms with Gasteiger partial charge in [-0.2, -0.15) is 0 Å². The maximum Gasteiger partial charge on any atom is 0.152 e. The molecule has 5 nitrogen and oxygen atoms in total. The minimum Gasteiger partial charge on any atom is -0.394 e. The van der Waals surface area contributed by atoms with Crippen LogP contribution in [0.3, 0.4) is 0 Å². The summed E-state index contributed by atoms with van der Waals surface area (Å²) in [6, 6.07) is 5.87. The largest absolute Gasteiger partial charge is 0.394 e. The van der Waals surface area contributed by atoms with Crippen molar-refractivity contribution in [1.29, 1.82) is 0 Å². The second kappa shape index (κ2) is 5.06. The molecular formula is C11H13N5. The molecule has 0 aliphatic rings. The fourth-order valence-electron chi connectivity index (χ4n) is 1.34. The third-order valence-corrected chi connectivity index (χ3v) is 2.14. The standard InChI is InChI=1S/C11H13N5/c12-10-7-13-8-16-11(10)15-6-4-9-3-1-2-5-14-9/h1-3,5,7-8H,4,6,12H2,(H,13,15,16). The van der Waals surface area contributed by atoms with E-state index >= 15 is 0 Å². The van der Waals surface area contributed by atoms with Gasteiger partial charge in [-0.3, -0.25) is 4.98 Å². The maximum absolute atomic E-state index is 5.70. The van der Waals surface area contributed by atoms with Gasteiger partial charge in [-0.05, 0) is 12.1 Å². The van der Waals surface area contributed by atoms with Crippen LogP contribution in [0.1, 0.15) is 5.69 Å². The topological polar surface area (TPSA) is 76.7 Å². The predicted octanol–water partition coefficient (Wildman–Crippen LogP) is 1.11. The SMILES string of the molecule is Nc1cncnc1NCCc1ccccn1. The average Bonchev–Trinajstić information content (AvgIpc) is 2.33. The number of nitrogens with two attached hydrogens (primary N) is 1. The predicted molar refractivity (Wildman–Crippen MR) is 62.9 cm³/mol. The molecule has 0 radical (unpaired) electrons. The van der Waals surface area contributed by atoms with Crippen LogP contribution < -0.4 is 11.1 Å². The van der Waals surface area contributed by atoms with E-state index < -0.39 is 0 Å². The van der Waals surface area contributed by atoms with Gasteiger partial charge in [0.1, 0.15) is 6.33 Å². The van der Waals surface area contributed by atoms with Crippen LogP contribution in [0, 0.1) is 0 Å². The van der Waals surface area contributed by atoms with Gasteiger partial charge in [0.2, 0.25) is 0 Å². The Bertz CT molecular complexity index is 443. The molecule has 0 aliphatic carbocycles. The van der Waals surface area contributed by atoms with Crippen LogP contribution >= 0.6 is 0 Å². The van der Waals surface area contributed by atoms with Gasteiger partial charge in [-0.15, -0.1) is 0 Å². The summed E-state index contributed by atoms with van der Waals surface area (Å²) in [5.74, 6) is 0.672. The quantitative estimate of drug-likeness (QED) is 0.798. The molecule has 0 atom stereocenters. The van der Waals surface area contributed by atoms with E-state index in [0.29, 0.717) is 11.5 Å². The Hall–Kier alpha value is -2.17. The molecule has 0 aliphatic heterocycles. The first-order chi connectivity index (χ1) is 7.86. The minimum atomic E-state index is 0.559. The highest BCUT2D eigenvalue weighted by atomic mass is 15.0. The lowest BCUT2D eigenvalue weighted by atomic mass is 10.3. The minimum absolute atomic E-state index is 0.559. The smallest absolute Gasteiger partial charge is 0.152 e. The van der Waals surface area contributed by atoms with Crippen LogP contribution in [0.5, 0.6) is 0 Å². The number of pyridine rings is 1. The van der Waals surface area contributed by atoms with Crippen LogP contribution in [0.25, 0.3) is 0 Å². The van der Waals surface area contributed by atoms with Crippen molar-refractivity contribution in [2.24, 2.45) is 0 Å². The van der Waals surface area contributed by atoms with Crippen molar-refractivity contribution >= 4 is 11.5 Å². The molecule has 0 bridgehead atoms. The number of hydrogen-bond donors (Lipinski definition) is 2. The molecular weight excluding hydrogens is 202 g/mol. The van der Waals surface area contributed by atoms with Crippen molar-refractivity contribution in [3.05, 3.63) is 42.6 Å². The summed E-state index contributed by atoms with van der Waals surface area (Å²) in [6.07, 6.45) is 5.67. The van der Waals surface area contributed by atoms with Crippen molar-refractivity contribution < 1.29 is 0 Å². The van der Waals surface area contributed by atoms with Gasteiger partial charge in [0.25, 0.3) is 0 Å². The van der Waals surface area contributed by atoms with Gasteiger partial charge in [0.15, 0.2) is 5.82 Å². The van der Waals surface area contributed by atoms with E-state index in [4.69, 9.17) is 5.73 Å². The van der Waals surface area contributed by atoms with Crippen LogP contribution in [0.2, 0.25) is 0 Å². The summed E-state index contributed by atoms with van der Waals surface area (Å²) in [5, 5.41) is 3.15. The summed E-state index contributed by atoms with van der Waals surface area (Å²) in [5.41, 5.74) is 7.30. The molecule has 0 spiro atoms. The second-order valence-corrected chi connectivity index (χ2v) is 3.32. The van der Waals surface area contributed by atoms with Gasteiger partial charge in [0, 0.05) is 24.9 Å². The number of hydrogen-bond acceptors (Lipinski definition) is 5. The van der Waals surface area contributed by atoms with Crippen LogP contribution in [0.15, 0.2) is 36.9 Å². The Kier molecular flexibility index (Phi) is 3.28. The zero-order chi connectivity index (χ0) is 11.2. The first kappa shape index (κ1) is 10.4. The molecule has 2 rings (SSSR count). The van der Waals surface area contributed by atoms with Gasteiger partial charge in [-0.25, -0.2) is 9.97 Å². The van der Waals surface area contributed by atoms with Crippen molar-refractivity contribution in [2.75, 3.05) is 17.6 Å². The summed E-state index contributed by atoms with van der Waals surface area (Å²) in [7, 11) is 0. The fraction of sp³-hybridized carbons (Fsp3) is 0.182. The molecule has 0 fully saturated rings. The number of nitrogens with one attached hydrogen (secondary N) is 1. The Morgan fingerprint density at radius 2 is 2.19 bits per heavy atom.